The summed E-state index contributed by atoms with van der Waals surface area (Å²) < 4.78 is 8.30. The predicted molar refractivity (Wildman–Crippen MR) is 101 cm³/mol. The Labute approximate surface area is 158 Å². The van der Waals surface area contributed by atoms with Crippen molar-refractivity contribution in [3.05, 3.63) is 76.8 Å². The van der Waals surface area contributed by atoms with Crippen molar-refractivity contribution in [3.63, 3.8) is 0 Å². The molecule has 0 aliphatic rings. The quantitative estimate of drug-likeness (QED) is 0.476. The second kappa shape index (κ2) is 8.91. The monoisotopic (exact) mass is 413 g/mol. The van der Waals surface area contributed by atoms with Gasteiger partial charge in [0.25, 0.3) is 5.91 Å². The molecule has 0 bridgehead atoms. The molecule has 0 aliphatic heterocycles. The number of ether oxygens (including phenoxy) is 1. The van der Waals surface area contributed by atoms with Crippen molar-refractivity contribution in [1.82, 2.24) is 20.2 Å². The summed E-state index contributed by atoms with van der Waals surface area (Å²) in [5, 5.41) is 7.84. The smallest absolute Gasteiger partial charge is 0.261 e. The first kappa shape index (κ1) is 17.8. The predicted octanol–water partition coefficient (Wildman–Crippen LogP) is 2.77. The highest BCUT2D eigenvalue weighted by Crippen LogP contribution is 2.18. The third-order valence-corrected chi connectivity index (χ3v) is 3.92. The van der Waals surface area contributed by atoms with Crippen LogP contribution in [0.2, 0.25) is 0 Å². The maximum Gasteiger partial charge on any atom is 0.261 e. The number of amides is 1. The molecule has 0 atom stereocenters. The average molecular weight is 414 g/mol. The number of rotatable bonds is 7. The van der Waals surface area contributed by atoms with E-state index in [0.717, 1.165) is 15.6 Å². The van der Waals surface area contributed by atoms with E-state index in [0.29, 0.717) is 12.4 Å². The van der Waals surface area contributed by atoms with Gasteiger partial charge in [0.05, 0.1) is 6.21 Å². The van der Waals surface area contributed by atoms with Gasteiger partial charge in [-0.25, -0.2) is 15.1 Å². The molecular formula is C18H16BrN5O2. The number of nitrogens with zero attached hydrogens (tertiary/aromatic N) is 4. The minimum atomic E-state index is -0.292. The molecule has 0 radical (unpaired) electrons. The number of hydrogen-bond donors (Lipinski definition) is 1. The van der Waals surface area contributed by atoms with Crippen molar-refractivity contribution >= 4 is 28.1 Å². The molecule has 0 spiro atoms. The summed E-state index contributed by atoms with van der Waals surface area (Å²) in [7, 11) is 0. The number of para-hydroxylation sites is 1. The van der Waals surface area contributed by atoms with E-state index in [1.807, 2.05) is 48.5 Å². The summed E-state index contributed by atoms with van der Waals surface area (Å²) in [5.41, 5.74) is 4.28. The molecule has 0 unspecified atom stereocenters. The molecule has 1 amide bonds. The zero-order valence-electron chi connectivity index (χ0n) is 13.7. The summed E-state index contributed by atoms with van der Waals surface area (Å²) >= 11 is 3.41. The van der Waals surface area contributed by atoms with E-state index in [4.69, 9.17) is 4.74 Å². The van der Waals surface area contributed by atoms with Crippen LogP contribution in [0.4, 0.5) is 0 Å². The third-order valence-electron chi connectivity index (χ3n) is 3.39. The Morgan fingerprint density at radius 1 is 1.23 bits per heavy atom. The van der Waals surface area contributed by atoms with Crippen molar-refractivity contribution in [2.75, 3.05) is 0 Å². The van der Waals surface area contributed by atoms with Gasteiger partial charge in [0.1, 0.15) is 31.6 Å². The summed E-state index contributed by atoms with van der Waals surface area (Å²) in [5.74, 6) is 0.393. The van der Waals surface area contributed by atoms with Crippen LogP contribution >= 0.6 is 15.9 Å². The van der Waals surface area contributed by atoms with Crippen molar-refractivity contribution in [2.24, 2.45) is 5.10 Å². The maximum atomic E-state index is 11.8. The molecule has 132 valence electrons. The molecule has 1 heterocycles. The summed E-state index contributed by atoms with van der Waals surface area (Å²) in [4.78, 5) is 15.6. The van der Waals surface area contributed by atoms with Crippen LogP contribution in [0.25, 0.3) is 0 Å². The van der Waals surface area contributed by atoms with Crippen molar-refractivity contribution in [1.29, 1.82) is 0 Å². The van der Waals surface area contributed by atoms with Gasteiger partial charge in [0.2, 0.25) is 0 Å². The van der Waals surface area contributed by atoms with Crippen molar-refractivity contribution < 1.29 is 9.53 Å². The number of aromatic nitrogens is 3. The van der Waals surface area contributed by atoms with Gasteiger partial charge in [-0.2, -0.15) is 10.2 Å². The fourth-order valence-corrected chi connectivity index (χ4v) is 2.40. The number of benzene rings is 2. The summed E-state index contributed by atoms with van der Waals surface area (Å²) in [6, 6.07) is 15.4. The van der Waals surface area contributed by atoms with E-state index >= 15 is 0 Å². The van der Waals surface area contributed by atoms with Crippen LogP contribution in [0.1, 0.15) is 11.1 Å². The first-order valence-electron chi connectivity index (χ1n) is 7.81. The maximum absolute atomic E-state index is 11.8. The second-order valence-electron chi connectivity index (χ2n) is 5.34. The molecule has 7 nitrogen and oxygen atoms in total. The number of carbonyl (C=O) groups excluding carboxylic acids is 1. The van der Waals surface area contributed by atoms with Crippen LogP contribution < -0.4 is 10.2 Å². The van der Waals surface area contributed by atoms with Gasteiger partial charge < -0.3 is 4.74 Å². The number of nitrogens with one attached hydrogen (secondary N) is 1. The highest BCUT2D eigenvalue weighted by Gasteiger charge is 2.03. The molecule has 26 heavy (non-hydrogen) atoms. The Morgan fingerprint density at radius 2 is 2.04 bits per heavy atom. The number of hydrogen-bond acceptors (Lipinski definition) is 5. The Hall–Kier alpha value is -3.00. The molecular weight excluding hydrogens is 398 g/mol. The van der Waals surface area contributed by atoms with Gasteiger partial charge >= 0.3 is 0 Å². The fraction of sp³-hybridized carbons (Fsp3) is 0.111. The SMILES string of the molecule is O=C(Cn1cncn1)N/N=C\c1ccccc1OCc1ccc(Br)cc1. The van der Waals surface area contributed by atoms with Gasteiger partial charge in [-0.1, -0.05) is 40.2 Å². The van der Waals surface area contributed by atoms with Crippen LogP contribution in [0.5, 0.6) is 5.75 Å². The number of halogens is 1. The van der Waals surface area contributed by atoms with Crippen molar-refractivity contribution in [2.45, 2.75) is 13.2 Å². The molecule has 1 N–H and O–H groups in total. The Balaban J connectivity index is 1.57. The molecule has 0 fully saturated rings. The third kappa shape index (κ3) is 5.25. The lowest BCUT2D eigenvalue weighted by molar-refractivity contribution is -0.121. The number of hydrazone groups is 1. The molecule has 0 saturated heterocycles. The largest absolute Gasteiger partial charge is 0.488 e. The zero-order valence-corrected chi connectivity index (χ0v) is 15.3. The average Bonchev–Trinajstić information content (AvgIpc) is 3.15. The fourth-order valence-electron chi connectivity index (χ4n) is 2.13. The Morgan fingerprint density at radius 3 is 2.81 bits per heavy atom. The van der Waals surface area contributed by atoms with E-state index in [1.54, 1.807) is 6.21 Å². The van der Waals surface area contributed by atoms with Gasteiger partial charge in [0.15, 0.2) is 0 Å². The summed E-state index contributed by atoms with van der Waals surface area (Å²) in [6.45, 7) is 0.496. The molecule has 1 aromatic heterocycles. The first-order chi connectivity index (χ1) is 12.7. The van der Waals surface area contributed by atoms with E-state index in [2.05, 4.69) is 36.5 Å². The van der Waals surface area contributed by atoms with Gasteiger partial charge in [-0.15, -0.1) is 0 Å². The van der Waals surface area contributed by atoms with Gasteiger partial charge in [0, 0.05) is 10.0 Å². The van der Waals surface area contributed by atoms with E-state index in [9.17, 15) is 4.79 Å². The molecule has 8 heteroatoms. The lowest BCUT2D eigenvalue weighted by atomic mass is 10.2. The van der Waals surface area contributed by atoms with Crippen LogP contribution in [0.3, 0.4) is 0 Å². The number of carbonyl (C=O) groups is 1. The molecule has 3 rings (SSSR count). The Bertz CT molecular complexity index is 879. The second-order valence-corrected chi connectivity index (χ2v) is 6.25. The minimum absolute atomic E-state index is 0.0546. The molecule has 0 saturated carbocycles. The van der Waals surface area contributed by atoms with E-state index in [1.165, 1.54) is 17.3 Å². The minimum Gasteiger partial charge on any atom is -0.488 e. The lowest BCUT2D eigenvalue weighted by Gasteiger charge is -2.09. The molecule has 3 aromatic rings. The lowest BCUT2D eigenvalue weighted by Crippen LogP contribution is -2.23. The van der Waals surface area contributed by atoms with Crippen LogP contribution in [0, 0.1) is 0 Å². The van der Waals surface area contributed by atoms with Crippen LogP contribution in [-0.2, 0) is 17.9 Å². The normalized spacial score (nSPS) is 10.8. The Kier molecular flexibility index (Phi) is 6.10. The van der Waals surface area contributed by atoms with Crippen LogP contribution in [0.15, 0.2) is 70.8 Å². The first-order valence-corrected chi connectivity index (χ1v) is 8.60. The summed E-state index contributed by atoms with van der Waals surface area (Å²) in [6.07, 6.45) is 4.39. The van der Waals surface area contributed by atoms with Crippen LogP contribution in [-0.4, -0.2) is 26.9 Å². The van der Waals surface area contributed by atoms with E-state index < -0.39 is 0 Å². The van der Waals surface area contributed by atoms with Gasteiger partial charge in [-0.05, 0) is 29.8 Å². The standard InChI is InChI=1S/C18H16BrN5O2/c19-16-7-5-14(6-8-16)11-26-17-4-2-1-3-15(17)9-21-23-18(25)10-24-13-20-12-22-24/h1-9,12-13H,10-11H2,(H,23,25)/b21-9-. The molecule has 2 aromatic carbocycles. The highest BCUT2D eigenvalue weighted by molar-refractivity contribution is 9.10. The highest BCUT2D eigenvalue weighted by atomic mass is 79.9. The topological polar surface area (TPSA) is 81.4 Å². The van der Waals surface area contributed by atoms with Gasteiger partial charge in [-0.3, -0.25) is 4.79 Å². The molecule has 0 aliphatic carbocycles. The zero-order chi connectivity index (χ0) is 18.2. The van der Waals surface area contributed by atoms with E-state index in [-0.39, 0.29) is 12.5 Å². The van der Waals surface area contributed by atoms with Crippen molar-refractivity contribution in [3.8, 4) is 5.75 Å².